The summed E-state index contributed by atoms with van der Waals surface area (Å²) < 4.78 is 0. The van der Waals surface area contributed by atoms with Crippen LogP contribution in [0.4, 0.5) is 11.4 Å². The predicted molar refractivity (Wildman–Crippen MR) is 75.6 cm³/mol. The minimum absolute atomic E-state index is 0.128. The third-order valence-electron chi connectivity index (χ3n) is 4.12. The SMILES string of the molecule is CC1=CCC2C(=O)N(c3cccc([N+](=O)[O-])c3)C(=O)C2C1. The van der Waals surface area contributed by atoms with Crippen molar-refractivity contribution in [3.05, 3.63) is 46.0 Å². The standard InChI is InChI=1S/C15H14N2O4/c1-9-5-6-12-13(7-9)15(19)16(14(12)18)10-3-2-4-11(8-10)17(20)21/h2-5,8,12-13H,6-7H2,1H3. The number of non-ortho nitro benzene ring substituents is 1. The van der Waals surface area contributed by atoms with Crippen molar-refractivity contribution < 1.29 is 14.5 Å². The second-order valence-electron chi connectivity index (χ2n) is 5.49. The summed E-state index contributed by atoms with van der Waals surface area (Å²) in [4.78, 5) is 36.3. The number of carbonyl (C=O) groups excluding carboxylic acids is 2. The van der Waals surface area contributed by atoms with Crippen LogP contribution in [0.3, 0.4) is 0 Å². The van der Waals surface area contributed by atoms with Gasteiger partial charge in [0, 0.05) is 12.1 Å². The molecule has 2 aliphatic rings. The summed E-state index contributed by atoms with van der Waals surface area (Å²) >= 11 is 0. The molecule has 1 saturated heterocycles. The van der Waals surface area contributed by atoms with Crippen LogP contribution in [0.1, 0.15) is 19.8 Å². The van der Waals surface area contributed by atoms with Gasteiger partial charge in [-0.3, -0.25) is 19.7 Å². The van der Waals surface area contributed by atoms with Crippen molar-refractivity contribution in [1.29, 1.82) is 0 Å². The summed E-state index contributed by atoms with van der Waals surface area (Å²) in [6.45, 7) is 1.95. The van der Waals surface area contributed by atoms with Gasteiger partial charge >= 0.3 is 0 Å². The average Bonchev–Trinajstić information content (AvgIpc) is 2.70. The van der Waals surface area contributed by atoms with E-state index in [-0.39, 0.29) is 35.0 Å². The third-order valence-corrected chi connectivity index (χ3v) is 4.12. The number of amides is 2. The Morgan fingerprint density at radius 1 is 1.24 bits per heavy atom. The molecule has 1 fully saturated rings. The lowest BCUT2D eigenvalue weighted by atomic mass is 9.82. The Labute approximate surface area is 121 Å². The lowest BCUT2D eigenvalue weighted by molar-refractivity contribution is -0.384. The van der Waals surface area contributed by atoms with Crippen LogP contribution in [0.2, 0.25) is 0 Å². The van der Waals surface area contributed by atoms with Gasteiger partial charge in [-0.25, -0.2) is 4.90 Å². The molecule has 0 spiro atoms. The van der Waals surface area contributed by atoms with Gasteiger partial charge in [-0.05, 0) is 25.8 Å². The number of anilines is 1. The smallest absolute Gasteiger partial charge is 0.271 e. The van der Waals surface area contributed by atoms with Gasteiger partial charge in [-0.15, -0.1) is 0 Å². The minimum atomic E-state index is -0.534. The van der Waals surface area contributed by atoms with E-state index in [1.165, 1.54) is 18.2 Å². The maximum absolute atomic E-state index is 12.5. The molecule has 1 aliphatic carbocycles. The first kappa shape index (κ1) is 13.5. The van der Waals surface area contributed by atoms with Crippen molar-refractivity contribution in [1.82, 2.24) is 0 Å². The lowest BCUT2D eigenvalue weighted by Crippen LogP contribution is -2.30. The largest absolute Gasteiger partial charge is 0.274 e. The molecule has 0 radical (unpaired) electrons. The Bertz CT molecular complexity index is 680. The number of rotatable bonds is 2. The van der Waals surface area contributed by atoms with E-state index < -0.39 is 4.92 Å². The van der Waals surface area contributed by atoms with E-state index in [0.717, 1.165) is 10.5 Å². The Morgan fingerprint density at radius 3 is 2.67 bits per heavy atom. The van der Waals surface area contributed by atoms with E-state index in [4.69, 9.17) is 0 Å². The summed E-state index contributed by atoms with van der Waals surface area (Å²) in [5.41, 5.74) is 1.27. The van der Waals surface area contributed by atoms with E-state index in [9.17, 15) is 19.7 Å². The summed E-state index contributed by atoms with van der Waals surface area (Å²) in [6.07, 6.45) is 3.14. The first-order valence-electron chi connectivity index (χ1n) is 6.77. The van der Waals surface area contributed by atoms with E-state index >= 15 is 0 Å². The zero-order chi connectivity index (χ0) is 15.1. The predicted octanol–water partition coefficient (Wildman–Crippen LogP) is 2.44. The van der Waals surface area contributed by atoms with Gasteiger partial charge in [0.05, 0.1) is 22.4 Å². The molecule has 21 heavy (non-hydrogen) atoms. The van der Waals surface area contributed by atoms with Gasteiger partial charge in [0.1, 0.15) is 0 Å². The van der Waals surface area contributed by atoms with Gasteiger partial charge in [0.25, 0.3) is 5.69 Å². The van der Waals surface area contributed by atoms with Crippen LogP contribution in [-0.2, 0) is 9.59 Å². The van der Waals surface area contributed by atoms with Gasteiger partial charge in [-0.1, -0.05) is 17.7 Å². The molecule has 0 N–H and O–H groups in total. The number of benzene rings is 1. The van der Waals surface area contributed by atoms with E-state index in [0.29, 0.717) is 12.8 Å². The highest BCUT2D eigenvalue weighted by Gasteiger charge is 2.48. The van der Waals surface area contributed by atoms with Crippen LogP contribution >= 0.6 is 0 Å². The first-order valence-corrected chi connectivity index (χ1v) is 6.77. The maximum Gasteiger partial charge on any atom is 0.271 e. The molecule has 1 aromatic rings. The number of hydrogen-bond donors (Lipinski definition) is 0. The van der Waals surface area contributed by atoms with Crippen molar-refractivity contribution in [2.45, 2.75) is 19.8 Å². The average molecular weight is 286 g/mol. The normalized spacial score (nSPS) is 24.8. The second kappa shape index (κ2) is 4.80. The molecule has 1 aliphatic heterocycles. The van der Waals surface area contributed by atoms with Crippen LogP contribution in [0.15, 0.2) is 35.9 Å². The fourth-order valence-electron chi connectivity index (χ4n) is 3.04. The monoisotopic (exact) mass is 286 g/mol. The highest BCUT2D eigenvalue weighted by molar-refractivity contribution is 6.22. The number of fused-ring (bicyclic) bond motifs is 1. The van der Waals surface area contributed by atoms with Gasteiger partial charge in [-0.2, -0.15) is 0 Å². The van der Waals surface area contributed by atoms with Crippen molar-refractivity contribution in [3.63, 3.8) is 0 Å². The van der Waals surface area contributed by atoms with Crippen molar-refractivity contribution in [3.8, 4) is 0 Å². The van der Waals surface area contributed by atoms with Gasteiger partial charge in [0.15, 0.2) is 0 Å². The molecule has 6 nitrogen and oxygen atoms in total. The van der Waals surface area contributed by atoms with Gasteiger partial charge < -0.3 is 0 Å². The van der Waals surface area contributed by atoms with Crippen LogP contribution in [0, 0.1) is 22.0 Å². The number of imide groups is 1. The summed E-state index contributed by atoms with van der Waals surface area (Å²) in [5, 5.41) is 10.8. The molecular formula is C15H14N2O4. The lowest BCUT2D eigenvalue weighted by Gasteiger charge is -2.18. The molecule has 2 amide bonds. The molecule has 3 rings (SSSR count). The van der Waals surface area contributed by atoms with Crippen LogP contribution in [0.5, 0.6) is 0 Å². The highest BCUT2D eigenvalue weighted by atomic mass is 16.6. The number of hydrogen-bond acceptors (Lipinski definition) is 4. The number of carbonyl (C=O) groups is 2. The van der Waals surface area contributed by atoms with Crippen molar-refractivity contribution >= 4 is 23.2 Å². The number of nitro benzene ring substituents is 1. The Morgan fingerprint density at radius 2 is 1.95 bits per heavy atom. The quantitative estimate of drug-likeness (QED) is 0.362. The molecule has 0 saturated carbocycles. The molecule has 6 heteroatoms. The maximum atomic E-state index is 12.5. The summed E-state index contributed by atoms with van der Waals surface area (Å²) in [5.74, 6) is -1.17. The molecule has 1 aromatic carbocycles. The zero-order valence-corrected chi connectivity index (χ0v) is 11.5. The Kier molecular flexibility index (Phi) is 3.08. The number of allylic oxidation sites excluding steroid dienone is 2. The molecule has 2 atom stereocenters. The van der Waals surface area contributed by atoms with E-state index in [1.807, 2.05) is 13.0 Å². The first-order chi connectivity index (χ1) is 9.99. The zero-order valence-electron chi connectivity index (χ0n) is 11.5. The van der Waals surface area contributed by atoms with E-state index in [1.54, 1.807) is 6.07 Å². The fourth-order valence-corrected chi connectivity index (χ4v) is 3.04. The van der Waals surface area contributed by atoms with Crippen molar-refractivity contribution in [2.24, 2.45) is 11.8 Å². The van der Waals surface area contributed by atoms with Gasteiger partial charge in [0.2, 0.25) is 11.8 Å². The number of nitro groups is 1. The fraction of sp³-hybridized carbons (Fsp3) is 0.333. The van der Waals surface area contributed by atoms with Crippen molar-refractivity contribution in [2.75, 3.05) is 4.90 Å². The third kappa shape index (κ3) is 2.12. The highest BCUT2D eigenvalue weighted by Crippen LogP contribution is 2.40. The molecule has 0 aromatic heterocycles. The van der Waals surface area contributed by atoms with Crippen LogP contribution in [-0.4, -0.2) is 16.7 Å². The molecule has 1 heterocycles. The van der Waals surface area contributed by atoms with E-state index in [2.05, 4.69) is 0 Å². The number of nitrogens with zero attached hydrogens (tertiary/aromatic N) is 2. The Hall–Kier alpha value is -2.50. The summed E-state index contributed by atoms with van der Waals surface area (Å²) in [7, 11) is 0. The second-order valence-corrected chi connectivity index (χ2v) is 5.49. The van der Waals surface area contributed by atoms with Crippen LogP contribution in [0.25, 0.3) is 0 Å². The molecule has 0 bridgehead atoms. The minimum Gasteiger partial charge on any atom is -0.274 e. The molecule has 2 unspecified atom stereocenters. The van der Waals surface area contributed by atoms with Crippen LogP contribution < -0.4 is 4.90 Å². The molecular weight excluding hydrogens is 272 g/mol. The molecule has 108 valence electrons. The topological polar surface area (TPSA) is 80.5 Å². The Balaban J connectivity index is 1.97. The summed E-state index contributed by atoms with van der Waals surface area (Å²) in [6, 6.07) is 5.65.